The molecule has 0 radical (unpaired) electrons. The lowest BCUT2D eigenvalue weighted by Crippen LogP contribution is -2.50. The van der Waals surface area contributed by atoms with Crippen LogP contribution in [0.1, 0.15) is 59.3 Å². The number of Topliss-reactive ketones (excluding diaryl/α,β-unsaturated/α-hetero) is 1. The number of carbonyl (C=O) groups is 2. The number of carbonyl (C=O) groups excluding carboxylic acids is 2. The number of hydrogen-bond acceptors (Lipinski definition) is 4. The first kappa shape index (κ1) is 18.8. The van der Waals surface area contributed by atoms with Crippen LogP contribution in [0.5, 0.6) is 0 Å². The van der Waals surface area contributed by atoms with E-state index in [-0.39, 0.29) is 28.5 Å². The van der Waals surface area contributed by atoms with Crippen LogP contribution in [0.3, 0.4) is 0 Å². The minimum absolute atomic E-state index is 0.0186. The smallest absolute Gasteiger partial charge is 0.308 e. The van der Waals surface area contributed by atoms with Gasteiger partial charge in [-0.2, -0.15) is 0 Å². The van der Waals surface area contributed by atoms with Gasteiger partial charge < -0.3 is 10.5 Å². The maximum atomic E-state index is 12.2. The van der Waals surface area contributed by atoms with Crippen molar-refractivity contribution in [3.63, 3.8) is 0 Å². The monoisotopic (exact) mass is 371 g/mol. The standard InChI is InChI=1S/C23H33NO3/c1-13(21(26)27-4)15-7-8-16-14-5-6-18-20(24)19(25)10-12-23(18,3)17(14)9-11-22(15,16)2/h5-6,13-17H,7-12,24H2,1-4H3/t13-,14-,15+,16-,17-,22+,23+/m0/s1. The van der Waals surface area contributed by atoms with Crippen molar-refractivity contribution in [3.05, 3.63) is 23.4 Å². The maximum Gasteiger partial charge on any atom is 0.308 e. The summed E-state index contributed by atoms with van der Waals surface area (Å²) in [5, 5.41) is 0. The molecule has 0 aromatic rings. The molecule has 4 heteroatoms. The Balaban J connectivity index is 1.68. The van der Waals surface area contributed by atoms with Gasteiger partial charge in [-0.3, -0.25) is 9.59 Å². The van der Waals surface area contributed by atoms with Crippen molar-refractivity contribution < 1.29 is 14.3 Å². The van der Waals surface area contributed by atoms with Crippen LogP contribution in [0, 0.1) is 40.4 Å². The topological polar surface area (TPSA) is 69.4 Å². The van der Waals surface area contributed by atoms with E-state index in [0.29, 0.717) is 35.8 Å². The van der Waals surface area contributed by atoms with Gasteiger partial charge in [0.15, 0.2) is 5.78 Å². The summed E-state index contributed by atoms with van der Waals surface area (Å²) in [5.41, 5.74) is 8.00. The molecule has 0 bridgehead atoms. The summed E-state index contributed by atoms with van der Waals surface area (Å²) < 4.78 is 5.06. The number of allylic oxidation sites excluding steroid dienone is 4. The first-order valence-corrected chi connectivity index (χ1v) is 10.5. The van der Waals surface area contributed by atoms with Crippen molar-refractivity contribution in [2.24, 2.45) is 46.2 Å². The normalized spacial score (nSPS) is 44.4. The van der Waals surface area contributed by atoms with Gasteiger partial charge in [0.05, 0.1) is 18.7 Å². The Morgan fingerprint density at radius 3 is 2.67 bits per heavy atom. The zero-order chi connectivity index (χ0) is 19.6. The second-order valence-corrected chi connectivity index (χ2v) is 9.86. The quantitative estimate of drug-likeness (QED) is 0.745. The number of hydrogen-bond donors (Lipinski definition) is 1. The van der Waals surface area contributed by atoms with E-state index in [4.69, 9.17) is 10.5 Å². The third-order valence-electron chi connectivity index (χ3n) is 8.96. The Labute approximate surface area is 162 Å². The molecule has 4 aliphatic rings. The van der Waals surface area contributed by atoms with Crippen LogP contribution < -0.4 is 5.73 Å². The fourth-order valence-corrected chi connectivity index (χ4v) is 7.39. The van der Waals surface area contributed by atoms with Gasteiger partial charge in [-0.05, 0) is 72.2 Å². The molecule has 0 saturated heterocycles. The van der Waals surface area contributed by atoms with Gasteiger partial charge in [0.1, 0.15) is 0 Å². The lowest BCUT2D eigenvalue weighted by Gasteiger charge is -2.56. The molecule has 4 nitrogen and oxygen atoms in total. The molecular weight excluding hydrogens is 338 g/mol. The summed E-state index contributed by atoms with van der Waals surface area (Å²) >= 11 is 0. The molecule has 4 aliphatic carbocycles. The van der Waals surface area contributed by atoms with Crippen molar-refractivity contribution in [1.82, 2.24) is 0 Å². The zero-order valence-corrected chi connectivity index (χ0v) is 17.1. The number of fused-ring (bicyclic) bond motifs is 5. The molecule has 2 N–H and O–H groups in total. The van der Waals surface area contributed by atoms with Crippen molar-refractivity contribution >= 4 is 11.8 Å². The van der Waals surface area contributed by atoms with Gasteiger partial charge in [-0.15, -0.1) is 0 Å². The largest absolute Gasteiger partial charge is 0.469 e. The average Bonchev–Trinajstić information content (AvgIpc) is 3.01. The lowest BCUT2D eigenvalue weighted by molar-refractivity contribution is -0.149. The number of ketones is 1. The number of rotatable bonds is 2. The Hall–Kier alpha value is -1.58. The fourth-order valence-electron chi connectivity index (χ4n) is 7.39. The second kappa shape index (κ2) is 6.22. The van der Waals surface area contributed by atoms with Crippen molar-refractivity contribution in [3.8, 4) is 0 Å². The fraction of sp³-hybridized carbons (Fsp3) is 0.739. The molecule has 0 heterocycles. The number of nitrogens with two attached hydrogens (primary N) is 1. The third-order valence-corrected chi connectivity index (χ3v) is 8.96. The number of methoxy groups -OCH3 is 1. The van der Waals surface area contributed by atoms with Gasteiger partial charge >= 0.3 is 5.97 Å². The van der Waals surface area contributed by atoms with E-state index in [1.165, 1.54) is 13.5 Å². The predicted molar refractivity (Wildman–Crippen MR) is 104 cm³/mol. The summed E-state index contributed by atoms with van der Waals surface area (Å²) in [7, 11) is 1.50. The Morgan fingerprint density at radius 2 is 1.96 bits per heavy atom. The summed E-state index contributed by atoms with van der Waals surface area (Å²) in [4.78, 5) is 24.4. The molecule has 2 fully saturated rings. The molecule has 2 saturated carbocycles. The van der Waals surface area contributed by atoms with Gasteiger partial charge in [0.2, 0.25) is 0 Å². The van der Waals surface area contributed by atoms with Crippen LogP contribution in [-0.4, -0.2) is 18.9 Å². The number of esters is 1. The van der Waals surface area contributed by atoms with Gasteiger partial charge in [0.25, 0.3) is 0 Å². The molecule has 27 heavy (non-hydrogen) atoms. The number of ether oxygens (including phenoxy) is 1. The van der Waals surface area contributed by atoms with Crippen LogP contribution in [0.15, 0.2) is 23.4 Å². The van der Waals surface area contributed by atoms with Gasteiger partial charge in [-0.25, -0.2) is 0 Å². The van der Waals surface area contributed by atoms with E-state index in [1.807, 2.05) is 6.92 Å². The van der Waals surface area contributed by atoms with Crippen molar-refractivity contribution in [1.29, 1.82) is 0 Å². The first-order chi connectivity index (χ1) is 12.7. The van der Waals surface area contributed by atoms with E-state index in [9.17, 15) is 9.59 Å². The molecule has 7 atom stereocenters. The lowest BCUT2D eigenvalue weighted by atomic mass is 9.48. The molecule has 148 valence electrons. The highest BCUT2D eigenvalue weighted by Crippen LogP contribution is 2.66. The zero-order valence-electron chi connectivity index (χ0n) is 17.1. The first-order valence-electron chi connectivity index (χ1n) is 10.5. The van der Waals surface area contributed by atoms with Crippen LogP contribution in [0.4, 0.5) is 0 Å². The molecule has 4 rings (SSSR count). The molecule has 0 aromatic carbocycles. The second-order valence-electron chi connectivity index (χ2n) is 9.86. The maximum absolute atomic E-state index is 12.2. The van der Waals surface area contributed by atoms with Gasteiger partial charge in [0, 0.05) is 6.42 Å². The van der Waals surface area contributed by atoms with E-state index in [0.717, 1.165) is 31.3 Å². The molecule has 0 spiro atoms. The SMILES string of the molecule is COC(=O)[C@@H](C)[C@H]1CC[C@H]2[C@@H]3C=CC4=C(N)C(=O)CC[C@]4(C)[C@H]3CC[C@]12C. The molecular formula is C23H33NO3. The highest BCUT2D eigenvalue weighted by molar-refractivity contribution is 5.97. The average molecular weight is 372 g/mol. The third kappa shape index (κ3) is 2.48. The molecule has 0 amide bonds. The highest BCUT2D eigenvalue weighted by atomic mass is 16.5. The Kier molecular flexibility index (Phi) is 4.32. The van der Waals surface area contributed by atoms with E-state index < -0.39 is 0 Å². The molecule has 0 unspecified atom stereocenters. The van der Waals surface area contributed by atoms with Gasteiger partial charge in [-0.1, -0.05) is 32.9 Å². The molecule has 0 aliphatic heterocycles. The predicted octanol–water partition coefficient (Wildman–Crippen LogP) is 4.01. The Bertz CT molecular complexity index is 738. The van der Waals surface area contributed by atoms with Crippen LogP contribution >= 0.6 is 0 Å². The van der Waals surface area contributed by atoms with E-state index in [1.54, 1.807) is 0 Å². The van der Waals surface area contributed by atoms with Crippen LogP contribution in [-0.2, 0) is 14.3 Å². The minimum Gasteiger partial charge on any atom is -0.469 e. The van der Waals surface area contributed by atoms with Crippen LogP contribution in [0.2, 0.25) is 0 Å². The van der Waals surface area contributed by atoms with E-state index >= 15 is 0 Å². The highest BCUT2D eigenvalue weighted by Gasteiger charge is 2.59. The van der Waals surface area contributed by atoms with E-state index in [2.05, 4.69) is 26.0 Å². The summed E-state index contributed by atoms with van der Waals surface area (Å²) in [6, 6.07) is 0. The Morgan fingerprint density at radius 1 is 1.22 bits per heavy atom. The minimum atomic E-state index is -0.0704. The molecule has 0 aromatic heterocycles. The summed E-state index contributed by atoms with van der Waals surface area (Å²) in [5.74, 6) is 2.07. The van der Waals surface area contributed by atoms with Crippen molar-refractivity contribution in [2.45, 2.75) is 59.3 Å². The summed E-state index contributed by atoms with van der Waals surface area (Å²) in [6.45, 7) is 6.78. The van der Waals surface area contributed by atoms with Crippen LogP contribution in [0.25, 0.3) is 0 Å². The summed E-state index contributed by atoms with van der Waals surface area (Å²) in [6.07, 6.45) is 10.6. The van der Waals surface area contributed by atoms with Crippen molar-refractivity contribution in [2.75, 3.05) is 7.11 Å².